The fraction of sp³-hybridized carbons (Fsp3) is 0. The second-order valence-electron chi connectivity index (χ2n) is 3.78. The minimum Gasteiger partial charge on any atom is -0.383 e. The Morgan fingerprint density at radius 3 is 2.61 bits per heavy atom. The molecule has 3 rings (SSSR count). The highest BCUT2D eigenvalue weighted by Crippen LogP contribution is 2.30. The minimum absolute atomic E-state index is 0.467. The predicted octanol–water partition coefficient (Wildman–Crippen LogP) is 3.29. The van der Waals surface area contributed by atoms with Gasteiger partial charge in [0.15, 0.2) is 5.65 Å². The minimum atomic E-state index is 0.467. The molecule has 0 amide bonds. The summed E-state index contributed by atoms with van der Waals surface area (Å²) >= 11 is 12.1. The molecule has 2 N–H and O–H groups in total. The van der Waals surface area contributed by atoms with Gasteiger partial charge in [0.2, 0.25) is 0 Å². The lowest BCUT2D eigenvalue weighted by molar-refractivity contribution is 1.20. The molecule has 18 heavy (non-hydrogen) atoms. The van der Waals surface area contributed by atoms with Crippen molar-refractivity contribution in [3.63, 3.8) is 0 Å². The van der Waals surface area contributed by atoms with Crippen LogP contribution in [0.4, 0.5) is 5.82 Å². The standard InChI is InChI=1S/C12H8Cl2N4/c13-8-5-9(14)12-17-10(11(15)18(12)6-8)7-1-3-16-4-2-7/h1-6H,15H2. The number of halogens is 2. The molecule has 0 aliphatic carbocycles. The van der Waals surface area contributed by atoms with E-state index in [-0.39, 0.29) is 0 Å². The van der Waals surface area contributed by atoms with Gasteiger partial charge in [-0.15, -0.1) is 0 Å². The third kappa shape index (κ3) is 1.70. The zero-order chi connectivity index (χ0) is 12.7. The van der Waals surface area contributed by atoms with E-state index in [0.717, 1.165) is 5.56 Å². The number of nitrogen functional groups attached to an aromatic ring is 1. The fourth-order valence-corrected chi connectivity index (χ4v) is 2.33. The second-order valence-corrected chi connectivity index (χ2v) is 4.63. The molecule has 0 bridgehead atoms. The third-order valence-electron chi connectivity index (χ3n) is 2.63. The Morgan fingerprint density at radius 2 is 1.89 bits per heavy atom. The van der Waals surface area contributed by atoms with E-state index in [4.69, 9.17) is 28.9 Å². The van der Waals surface area contributed by atoms with Gasteiger partial charge in [0, 0.05) is 24.2 Å². The number of aromatic nitrogens is 3. The lowest BCUT2D eigenvalue weighted by atomic mass is 10.2. The first kappa shape index (κ1) is 11.3. The van der Waals surface area contributed by atoms with E-state index in [1.54, 1.807) is 29.1 Å². The average molecular weight is 279 g/mol. The zero-order valence-electron chi connectivity index (χ0n) is 9.14. The first-order valence-corrected chi connectivity index (χ1v) is 5.95. The first-order valence-electron chi connectivity index (χ1n) is 5.20. The molecule has 3 aromatic rings. The molecule has 4 nitrogen and oxygen atoms in total. The molecule has 0 aromatic carbocycles. The van der Waals surface area contributed by atoms with Crippen LogP contribution in [0.25, 0.3) is 16.9 Å². The Balaban J connectivity index is 2.33. The quantitative estimate of drug-likeness (QED) is 0.743. The Kier molecular flexibility index (Phi) is 2.61. The molecule has 0 atom stereocenters. The highest BCUT2D eigenvalue weighted by atomic mass is 35.5. The topological polar surface area (TPSA) is 56.2 Å². The molecular formula is C12H8Cl2N4. The highest BCUT2D eigenvalue weighted by molar-refractivity contribution is 6.36. The predicted molar refractivity (Wildman–Crippen MR) is 72.9 cm³/mol. The molecule has 0 saturated carbocycles. The summed E-state index contributed by atoms with van der Waals surface area (Å²) in [5, 5.41) is 0.979. The van der Waals surface area contributed by atoms with Gasteiger partial charge in [-0.1, -0.05) is 23.2 Å². The van der Waals surface area contributed by atoms with Crippen LogP contribution in [-0.4, -0.2) is 14.4 Å². The van der Waals surface area contributed by atoms with Crippen LogP contribution in [-0.2, 0) is 0 Å². The molecule has 6 heteroatoms. The Labute approximate surface area is 113 Å². The van der Waals surface area contributed by atoms with E-state index in [1.165, 1.54) is 0 Å². The fourth-order valence-electron chi connectivity index (χ4n) is 1.81. The van der Waals surface area contributed by atoms with Crippen molar-refractivity contribution in [2.75, 3.05) is 5.73 Å². The average Bonchev–Trinajstić information content (AvgIpc) is 2.69. The van der Waals surface area contributed by atoms with Crippen LogP contribution >= 0.6 is 23.2 Å². The molecule has 0 fully saturated rings. The van der Waals surface area contributed by atoms with Crippen molar-refractivity contribution in [2.24, 2.45) is 0 Å². The van der Waals surface area contributed by atoms with Crippen molar-refractivity contribution in [3.8, 4) is 11.3 Å². The second kappa shape index (κ2) is 4.15. The van der Waals surface area contributed by atoms with E-state index < -0.39 is 0 Å². The van der Waals surface area contributed by atoms with Crippen LogP contribution in [0, 0.1) is 0 Å². The van der Waals surface area contributed by atoms with E-state index in [0.29, 0.717) is 27.2 Å². The lowest BCUT2D eigenvalue weighted by Gasteiger charge is -2.00. The number of anilines is 1. The van der Waals surface area contributed by atoms with Crippen LogP contribution in [0.1, 0.15) is 0 Å². The molecule has 0 aliphatic heterocycles. The molecule has 0 unspecified atom stereocenters. The van der Waals surface area contributed by atoms with Gasteiger partial charge in [-0.25, -0.2) is 4.98 Å². The van der Waals surface area contributed by atoms with Gasteiger partial charge < -0.3 is 5.73 Å². The van der Waals surface area contributed by atoms with Gasteiger partial charge in [0.25, 0.3) is 0 Å². The Hall–Kier alpha value is -1.78. The van der Waals surface area contributed by atoms with Crippen LogP contribution in [0.15, 0.2) is 36.8 Å². The maximum Gasteiger partial charge on any atom is 0.158 e. The van der Waals surface area contributed by atoms with Crippen LogP contribution in [0.2, 0.25) is 10.0 Å². The summed E-state index contributed by atoms with van der Waals surface area (Å²) in [5.74, 6) is 0.501. The summed E-state index contributed by atoms with van der Waals surface area (Å²) in [7, 11) is 0. The maximum atomic E-state index is 6.10. The van der Waals surface area contributed by atoms with Crippen molar-refractivity contribution >= 4 is 34.7 Å². The summed E-state index contributed by atoms with van der Waals surface area (Å²) in [4.78, 5) is 8.41. The van der Waals surface area contributed by atoms with E-state index >= 15 is 0 Å². The molecular weight excluding hydrogens is 271 g/mol. The van der Waals surface area contributed by atoms with Crippen molar-refractivity contribution < 1.29 is 0 Å². The molecule has 0 radical (unpaired) electrons. The Morgan fingerprint density at radius 1 is 1.17 bits per heavy atom. The number of imidazole rings is 1. The summed E-state index contributed by atoms with van der Waals surface area (Å²) in [6.07, 6.45) is 5.07. The van der Waals surface area contributed by atoms with E-state index in [9.17, 15) is 0 Å². The molecule has 90 valence electrons. The number of nitrogens with two attached hydrogens (primary N) is 1. The SMILES string of the molecule is Nc1c(-c2ccncc2)nc2c(Cl)cc(Cl)cn12. The van der Waals surface area contributed by atoms with Gasteiger partial charge in [-0.3, -0.25) is 9.38 Å². The number of nitrogens with zero attached hydrogens (tertiary/aromatic N) is 3. The van der Waals surface area contributed by atoms with Crippen LogP contribution in [0.3, 0.4) is 0 Å². The molecule has 3 aromatic heterocycles. The molecule has 0 aliphatic rings. The highest BCUT2D eigenvalue weighted by Gasteiger charge is 2.13. The number of hydrogen-bond acceptors (Lipinski definition) is 3. The summed E-state index contributed by atoms with van der Waals surface area (Å²) < 4.78 is 1.68. The first-order chi connectivity index (χ1) is 8.66. The van der Waals surface area contributed by atoms with Crippen molar-refractivity contribution in [1.82, 2.24) is 14.4 Å². The number of pyridine rings is 2. The monoisotopic (exact) mass is 278 g/mol. The van der Waals surface area contributed by atoms with Crippen molar-refractivity contribution in [3.05, 3.63) is 46.8 Å². The molecule has 3 heterocycles. The third-order valence-corrected chi connectivity index (χ3v) is 3.12. The van der Waals surface area contributed by atoms with Crippen LogP contribution < -0.4 is 5.73 Å². The van der Waals surface area contributed by atoms with Crippen molar-refractivity contribution in [2.45, 2.75) is 0 Å². The number of fused-ring (bicyclic) bond motifs is 1. The summed E-state index contributed by atoms with van der Waals surface area (Å²) in [6.45, 7) is 0. The molecule has 0 spiro atoms. The van der Waals surface area contributed by atoms with Gasteiger partial charge in [-0.05, 0) is 18.2 Å². The summed E-state index contributed by atoms with van der Waals surface area (Å²) in [6, 6.07) is 5.32. The zero-order valence-corrected chi connectivity index (χ0v) is 10.7. The lowest BCUT2D eigenvalue weighted by Crippen LogP contribution is -1.94. The normalized spacial score (nSPS) is 11.0. The maximum absolute atomic E-state index is 6.10. The van der Waals surface area contributed by atoms with Gasteiger partial charge in [0.05, 0.1) is 10.0 Å². The van der Waals surface area contributed by atoms with Crippen LogP contribution in [0.5, 0.6) is 0 Å². The van der Waals surface area contributed by atoms with Gasteiger partial charge in [0.1, 0.15) is 11.5 Å². The van der Waals surface area contributed by atoms with Crippen molar-refractivity contribution in [1.29, 1.82) is 0 Å². The molecule has 0 saturated heterocycles. The van der Waals surface area contributed by atoms with Gasteiger partial charge in [-0.2, -0.15) is 0 Å². The number of rotatable bonds is 1. The van der Waals surface area contributed by atoms with E-state index in [2.05, 4.69) is 9.97 Å². The van der Waals surface area contributed by atoms with E-state index in [1.807, 2.05) is 12.1 Å². The summed E-state index contributed by atoms with van der Waals surface area (Å²) in [5.41, 5.74) is 8.22. The van der Waals surface area contributed by atoms with Gasteiger partial charge >= 0.3 is 0 Å². The largest absolute Gasteiger partial charge is 0.383 e. The number of hydrogen-bond donors (Lipinski definition) is 1. The Bertz CT molecular complexity index is 722. The smallest absolute Gasteiger partial charge is 0.158 e.